The molecule has 1 aromatic carbocycles. The Balaban J connectivity index is 0.000000239. The summed E-state index contributed by atoms with van der Waals surface area (Å²) in [6, 6.07) is 4.50. The lowest BCUT2D eigenvalue weighted by molar-refractivity contribution is -0.447. The molecule has 0 saturated carbocycles. The Morgan fingerprint density at radius 2 is 1.94 bits per heavy atom. The Hall–Kier alpha value is -2.54. The summed E-state index contributed by atoms with van der Waals surface area (Å²) in [4.78, 5) is 23.4. The summed E-state index contributed by atoms with van der Waals surface area (Å²) in [6.07, 6.45) is 5.39. The second kappa shape index (κ2) is 6.13. The first-order valence-corrected chi connectivity index (χ1v) is 4.58. The van der Waals surface area contributed by atoms with Gasteiger partial charge in [-0.25, -0.2) is 4.99 Å². The van der Waals surface area contributed by atoms with Gasteiger partial charge < -0.3 is 9.90 Å². The zero-order valence-electron chi connectivity index (χ0n) is 8.65. The van der Waals surface area contributed by atoms with Gasteiger partial charge in [0.15, 0.2) is 6.34 Å². The Morgan fingerprint density at radius 3 is 2.24 bits per heavy atom. The number of carbonyl (C=O) groups excluding carboxylic acids is 1. The normalized spacial score (nSPS) is 11.8. The number of hydrogen-bond donors (Lipinski definition) is 1. The Bertz CT molecular complexity index is 422. The van der Waals surface area contributed by atoms with Crippen molar-refractivity contribution in [3.63, 3.8) is 0 Å². The fourth-order valence-electron chi connectivity index (χ4n) is 0.968. The van der Waals surface area contributed by atoms with Crippen LogP contribution in [0.1, 0.15) is 10.4 Å². The fraction of sp³-hybridized carbons (Fsp3) is 0. The fourth-order valence-corrected chi connectivity index (χ4v) is 0.968. The molecule has 2 N–H and O–H groups in total. The number of hydrogen-bond acceptors (Lipinski definition) is 5. The van der Waals surface area contributed by atoms with Crippen LogP contribution in [0.5, 0.6) is 0 Å². The third kappa shape index (κ3) is 4.22. The van der Waals surface area contributed by atoms with Crippen molar-refractivity contribution in [2.45, 2.75) is 0 Å². The molecule has 1 aromatic rings. The van der Waals surface area contributed by atoms with Crippen LogP contribution >= 0.6 is 0 Å². The van der Waals surface area contributed by atoms with E-state index in [0.717, 1.165) is 24.3 Å². The van der Waals surface area contributed by atoms with Crippen molar-refractivity contribution in [3.05, 3.63) is 52.3 Å². The van der Waals surface area contributed by atoms with E-state index in [4.69, 9.17) is 0 Å². The van der Waals surface area contributed by atoms with E-state index < -0.39 is 10.9 Å². The average Bonchev–Trinajstić information content (AvgIpc) is 2.87. The molecule has 0 spiro atoms. The van der Waals surface area contributed by atoms with Gasteiger partial charge in [0, 0.05) is 12.1 Å². The van der Waals surface area contributed by atoms with Crippen molar-refractivity contribution < 1.29 is 20.1 Å². The van der Waals surface area contributed by atoms with Crippen LogP contribution < -0.4 is 10.4 Å². The van der Waals surface area contributed by atoms with E-state index in [0.29, 0.717) is 0 Å². The van der Waals surface area contributed by atoms with Gasteiger partial charge >= 0.3 is 0 Å². The van der Waals surface area contributed by atoms with Crippen molar-refractivity contribution in [2.75, 3.05) is 0 Å². The van der Waals surface area contributed by atoms with Crippen LogP contribution in [0.15, 0.2) is 41.7 Å². The van der Waals surface area contributed by atoms with E-state index in [9.17, 15) is 20.0 Å². The molecule has 0 radical (unpaired) electrons. The molecule has 0 bridgehead atoms. The van der Waals surface area contributed by atoms with E-state index in [2.05, 4.69) is 4.99 Å². The number of aliphatic imine (C=N–C) groups is 1. The van der Waals surface area contributed by atoms with E-state index in [1.807, 2.05) is 11.5 Å². The van der Waals surface area contributed by atoms with Crippen LogP contribution in [0.3, 0.4) is 0 Å². The summed E-state index contributed by atoms with van der Waals surface area (Å²) in [6.45, 7) is 0. The summed E-state index contributed by atoms with van der Waals surface area (Å²) in [5, 5.41) is 22.2. The lowest BCUT2D eigenvalue weighted by Crippen LogP contribution is -2.74. The molecule has 17 heavy (non-hydrogen) atoms. The summed E-state index contributed by atoms with van der Waals surface area (Å²) in [5.41, 5.74) is -0.208. The molecular weight excluding hydrogens is 226 g/mol. The van der Waals surface area contributed by atoms with Crippen LogP contribution in [0, 0.1) is 10.1 Å². The minimum Gasteiger partial charge on any atom is -0.545 e. The van der Waals surface area contributed by atoms with Gasteiger partial charge in [-0.2, -0.15) is 0 Å². The predicted molar refractivity (Wildman–Crippen MR) is 57.0 cm³/mol. The van der Waals surface area contributed by atoms with Crippen LogP contribution in [0.4, 0.5) is 5.69 Å². The molecule has 2 rings (SSSR count). The molecule has 0 saturated heterocycles. The SMILES string of the molecule is C1=C[NH2+]C=N1.O=C([O-])c1ccc([N+](=O)[O-])cc1. The maximum absolute atomic E-state index is 10.2. The molecule has 1 heterocycles. The average molecular weight is 235 g/mol. The summed E-state index contributed by atoms with van der Waals surface area (Å²) in [7, 11) is 0. The highest BCUT2D eigenvalue weighted by Gasteiger charge is 2.03. The molecule has 0 atom stereocenters. The van der Waals surface area contributed by atoms with Crippen LogP contribution in [-0.4, -0.2) is 17.2 Å². The van der Waals surface area contributed by atoms with Crippen molar-refractivity contribution in [1.82, 2.24) is 0 Å². The van der Waals surface area contributed by atoms with Gasteiger partial charge in [-0.15, -0.1) is 0 Å². The molecule has 1 aliphatic heterocycles. The molecule has 0 amide bonds. The van der Waals surface area contributed by atoms with E-state index in [1.165, 1.54) is 0 Å². The monoisotopic (exact) mass is 235 g/mol. The Kier molecular flexibility index (Phi) is 4.52. The minimum absolute atomic E-state index is 0.0689. The molecule has 0 unspecified atom stereocenters. The number of carboxylic acid groups (broad SMARTS) is 1. The highest BCUT2D eigenvalue weighted by atomic mass is 16.6. The second-order valence-electron chi connectivity index (χ2n) is 2.92. The molecule has 0 aliphatic carbocycles. The minimum atomic E-state index is -1.34. The Morgan fingerprint density at radius 1 is 1.29 bits per heavy atom. The number of aromatic carboxylic acids is 1. The van der Waals surface area contributed by atoms with Gasteiger partial charge in [-0.05, 0) is 17.7 Å². The number of rotatable bonds is 2. The van der Waals surface area contributed by atoms with Crippen LogP contribution in [0.2, 0.25) is 0 Å². The topological polar surface area (TPSA) is 112 Å². The van der Waals surface area contributed by atoms with Crippen LogP contribution in [-0.2, 0) is 0 Å². The lowest BCUT2D eigenvalue weighted by Gasteiger charge is -1.99. The smallest absolute Gasteiger partial charge is 0.269 e. The van der Waals surface area contributed by atoms with Crippen molar-refractivity contribution in [3.8, 4) is 0 Å². The third-order valence-corrected chi connectivity index (χ3v) is 1.77. The third-order valence-electron chi connectivity index (χ3n) is 1.77. The molecule has 7 nitrogen and oxygen atoms in total. The lowest BCUT2D eigenvalue weighted by atomic mass is 10.2. The number of nitrogens with zero attached hydrogens (tertiary/aromatic N) is 2. The maximum Gasteiger partial charge on any atom is 0.269 e. The largest absolute Gasteiger partial charge is 0.545 e. The predicted octanol–water partition coefficient (Wildman–Crippen LogP) is -0.979. The quantitative estimate of drug-likeness (QED) is 0.524. The number of carboxylic acids is 1. The highest BCUT2D eigenvalue weighted by molar-refractivity contribution is 5.85. The number of benzene rings is 1. The first-order valence-electron chi connectivity index (χ1n) is 4.58. The van der Waals surface area contributed by atoms with Gasteiger partial charge in [0.2, 0.25) is 0 Å². The first kappa shape index (κ1) is 12.5. The van der Waals surface area contributed by atoms with Gasteiger partial charge in [-0.1, -0.05) is 0 Å². The summed E-state index contributed by atoms with van der Waals surface area (Å²) >= 11 is 0. The highest BCUT2D eigenvalue weighted by Crippen LogP contribution is 2.10. The summed E-state index contributed by atoms with van der Waals surface area (Å²) in [5.74, 6) is -1.34. The zero-order chi connectivity index (χ0) is 12.7. The van der Waals surface area contributed by atoms with Gasteiger partial charge in [0.1, 0.15) is 6.20 Å². The van der Waals surface area contributed by atoms with Gasteiger partial charge in [0.25, 0.3) is 5.69 Å². The van der Waals surface area contributed by atoms with Crippen molar-refractivity contribution >= 4 is 18.0 Å². The first-order chi connectivity index (χ1) is 8.11. The summed E-state index contributed by atoms with van der Waals surface area (Å²) < 4.78 is 0. The molecule has 0 aromatic heterocycles. The molecule has 0 fully saturated rings. The van der Waals surface area contributed by atoms with Crippen molar-refractivity contribution in [2.24, 2.45) is 4.99 Å². The standard InChI is InChI=1S/C7H5NO4.C3H4N2/c9-7(10)5-1-3-6(4-2-5)8(11)12;1-2-5-3-4-1/h1-4H,(H,9,10);1-3H,(H,4,5). The molecule has 7 heteroatoms. The van der Waals surface area contributed by atoms with E-state index in [1.54, 1.807) is 12.5 Å². The number of carbonyl (C=O) groups is 1. The molecular formula is C10H9N3O4. The maximum atomic E-state index is 10.2. The van der Waals surface area contributed by atoms with E-state index >= 15 is 0 Å². The van der Waals surface area contributed by atoms with Gasteiger partial charge in [-0.3, -0.25) is 15.4 Å². The number of non-ortho nitro benzene ring substituents is 1. The second-order valence-corrected chi connectivity index (χ2v) is 2.92. The number of nitro groups is 1. The van der Waals surface area contributed by atoms with Gasteiger partial charge in [0.05, 0.1) is 17.1 Å². The number of nitrogens with two attached hydrogens (primary N) is 1. The molecule has 1 aliphatic rings. The number of nitro benzene ring substituents is 1. The Labute approximate surface area is 96.3 Å². The van der Waals surface area contributed by atoms with Crippen LogP contribution in [0.25, 0.3) is 0 Å². The van der Waals surface area contributed by atoms with E-state index in [-0.39, 0.29) is 11.3 Å². The zero-order valence-corrected chi connectivity index (χ0v) is 8.65. The van der Waals surface area contributed by atoms with Crippen molar-refractivity contribution in [1.29, 1.82) is 0 Å². The molecule has 88 valence electrons. The number of quaternary nitrogens is 1.